The first-order valence-corrected chi connectivity index (χ1v) is 5.35. The maximum Gasteiger partial charge on any atom is 0.339 e. The Hall–Kier alpha value is -2.22. The molecule has 0 spiro atoms. The van der Waals surface area contributed by atoms with Crippen LogP contribution in [0.5, 0.6) is 5.75 Å². The van der Waals surface area contributed by atoms with Crippen molar-refractivity contribution in [3.8, 4) is 11.8 Å². The van der Waals surface area contributed by atoms with Gasteiger partial charge >= 0.3 is 5.97 Å². The van der Waals surface area contributed by atoms with E-state index in [0.29, 0.717) is 30.9 Å². The molecule has 2 rings (SSSR count). The molecule has 0 saturated carbocycles. The van der Waals surface area contributed by atoms with Gasteiger partial charge in [-0.15, -0.1) is 0 Å². The van der Waals surface area contributed by atoms with Crippen molar-refractivity contribution in [3.63, 3.8) is 0 Å². The second-order valence-corrected chi connectivity index (χ2v) is 3.84. The van der Waals surface area contributed by atoms with E-state index in [9.17, 15) is 4.79 Å². The van der Waals surface area contributed by atoms with Crippen molar-refractivity contribution < 1.29 is 14.6 Å². The Morgan fingerprint density at radius 2 is 2.47 bits per heavy atom. The van der Waals surface area contributed by atoms with Crippen molar-refractivity contribution in [2.45, 2.75) is 18.9 Å². The molecule has 0 fully saturated rings. The number of nitrogens with zero attached hydrogens (tertiary/aromatic N) is 1. The summed E-state index contributed by atoms with van der Waals surface area (Å²) in [7, 11) is 0. The smallest absolute Gasteiger partial charge is 0.339 e. The van der Waals surface area contributed by atoms with Crippen LogP contribution in [-0.4, -0.2) is 23.7 Å². The molecule has 5 nitrogen and oxygen atoms in total. The van der Waals surface area contributed by atoms with Crippen molar-refractivity contribution in [2.24, 2.45) is 0 Å². The van der Waals surface area contributed by atoms with Gasteiger partial charge in [-0.2, -0.15) is 5.26 Å². The molecule has 0 aromatic heterocycles. The zero-order chi connectivity index (χ0) is 12.3. The van der Waals surface area contributed by atoms with Gasteiger partial charge in [0.15, 0.2) is 5.75 Å². The quantitative estimate of drug-likeness (QED) is 0.831. The van der Waals surface area contributed by atoms with Crippen molar-refractivity contribution >= 4 is 11.7 Å². The second kappa shape index (κ2) is 4.74. The van der Waals surface area contributed by atoms with Crippen LogP contribution in [0, 0.1) is 11.3 Å². The highest BCUT2D eigenvalue weighted by atomic mass is 16.5. The molecule has 88 valence electrons. The van der Waals surface area contributed by atoms with Crippen LogP contribution in [-0.2, 0) is 0 Å². The first-order chi connectivity index (χ1) is 8.22. The van der Waals surface area contributed by atoms with Gasteiger partial charge in [-0.3, -0.25) is 0 Å². The van der Waals surface area contributed by atoms with E-state index < -0.39 is 5.97 Å². The van der Waals surface area contributed by atoms with Gasteiger partial charge in [0, 0.05) is 6.42 Å². The molecule has 1 aliphatic heterocycles. The molecule has 0 amide bonds. The molecule has 5 heteroatoms. The Balaban J connectivity index is 2.20. The summed E-state index contributed by atoms with van der Waals surface area (Å²) in [4.78, 5) is 11.0. The van der Waals surface area contributed by atoms with Gasteiger partial charge < -0.3 is 15.2 Å². The second-order valence-electron chi connectivity index (χ2n) is 3.84. The van der Waals surface area contributed by atoms with Crippen LogP contribution in [0.15, 0.2) is 18.2 Å². The van der Waals surface area contributed by atoms with Crippen molar-refractivity contribution in [1.82, 2.24) is 0 Å². The van der Waals surface area contributed by atoms with Gasteiger partial charge in [0.05, 0.1) is 17.8 Å². The fourth-order valence-electron chi connectivity index (χ4n) is 1.81. The first-order valence-electron chi connectivity index (χ1n) is 5.35. The Morgan fingerprint density at radius 3 is 3.18 bits per heavy atom. The Morgan fingerprint density at radius 1 is 1.65 bits per heavy atom. The van der Waals surface area contributed by atoms with Gasteiger partial charge in [0.2, 0.25) is 0 Å². The fraction of sp³-hybridized carbons (Fsp3) is 0.333. The topological polar surface area (TPSA) is 82.3 Å². The standard InChI is InChI=1S/C12H12N2O3/c13-6-2-3-8-7-17-11-9(12(15)16)4-1-5-10(11)14-8/h1,4-5,8,14H,2-3,7H2,(H,15,16). The number of carboxylic acid groups (broad SMARTS) is 1. The molecule has 0 radical (unpaired) electrons. The van der Waals surface area contributed by atoms with E-state index in [1.807, 2.05) is 0 Å². The average Bonchev–Trinajstić information content (AvgIpc) is 2.35. The molecular weight excluding hydrogens is 220 g/mol. The number of hydrogen-bond donors (Lipinski definition) is 2. The molecule has 0 aliphatic carbocycles. The summed E-state index contributed by atoms with van der Waals surface area (Å²) >= 11 is 0. The summed E-state index contributed by atoms with van der Waals surface area (Å²) in [6.45, 7) is 0.388. The van der Waals surface area contributed by atoms with Crippen LogP contribution in [0.25, 0.3) is 0 Å². The third-order valence-electron chi connectivity index (χ3n) is 2.64. The van der Waals surface area contributed by atoms with E-state index in [2.05, 4.69) is 11.4 Å². The third-order valence-corrected chi connectivity index (χ3v) is 2.64. The molecule has 1 aliphatic rings. The molecule has 2 N–H and O–H groups in total. The van der Waals surface area contributed by atoms with Crippen LogP contribution < -0.4 is 10.1 Å². The number of aromatic carboxylic acids is 1. The summed E-state index contributed by atoms with van der Waals surface area (Å²) in [5, 5.41) is 20.7. The zero-order valence-electron chi connectivity index (χ0n) is 9.14. The molecule has 1 aromatic carbocycles. The third kappa shape index (κ3) is 2.31. The Kier molecular flexibility index (Phi) is 3.15. The molecule has 1 aromatic rings. The largest absolute Gasteiger partial charge is 0.488 e. The van der Waals surface area contributed by atoms with Crippen LogP contribution in [0.4, 0.5) is 5.69 Å². The molecule has 17 heavy (non-hydrogen) atoms. The number of para-hydroxylation sites is 1. The van der Waals surface area contributed by atoms with Crippen molar-refractivity contribution in [3.05, 3.63) is 23.8 Å². The number of fused-ring (bicyclic) bond motifs is 1. The predicted octanol–water partition coefficient (Wildman–Crippen LogP) is 1.86. The van der Waals surface area contributed by atoms with Gasteiger partial charge in [0.1, 0.15) is 12.2 Å². The summed E-state index contributed by atoms with van der Waals surface area (Å²) < 4.78 is 5.47. The molecule has 1 heterocycles. The molecule has 0 bridgehead atoms. The summed E-state index contributed by atoms with van der Waals surface area (Å²) in [6, 6.07) is 7.10. The lowest BCUT2D eigenvalue weighted by molar-refractivity contribution is 0.0691. The highest BCUT2D eigenvalue weighted by Gasteiger charge is 2.23. The van der Waals surface area contributed by atoms with Crippen LogP contribution in [0.2, 0.25) is 0 Å². The molecule has 1 atom stereocenters. The van der Waals surface area contributed by atoms with E-state index >= 15 is 0 Å². The van der Waals surface area contributed by atoms with Crippen LogP contribution in [0.3, 0.4) is 0 Å². The highest BCUT2D eigenvalue weighted by molar-refractivity contribution is 5.93. The fourth-order valence-corrected chi connectivity index (χ4v) is 1.81. The number of ether oxygens (including phenoxy) is 1. The van der Waals surface area contributed by atoms with Gasteiger partial charge in [-0.05, 0) is 18.6 Å². The lowest BCUT2D eigenvalue weighted by atomic mass is 10.1. The van der Waals surface area contributed by atoms with Crippen molar-refractivity contribution in [1.29, 1.82) is 5.26 Å². The average molecular weight is 232 g/mol. The minimum absolute atomic E-state index is 0.0613. The SMILES string of the molecule is N#CCCC1COc2c(cccc2C(=O)O)N1. The number of benzene rings is 1. The molecule has 1 unspecified atom stereocenters. The number of carbonyl (C=O) groups is 1. The highest BCUT2D eigenvalue weighted by Crippen LogP contribution is 2.33. The van der Waals surface area contributed by atoms with E-state index in [-0.39, 0.29) is 11.6 Å². The number of anilines is 1. The maximum absolute atomic E-state index is 11.0. The number of nitriles is 1. The van der Waals surface area contributed by atoms with E-state index in [0.717, 1.165) is 0 Å². The molecule has 0 saturated heterocycles. The van der Waals surface area contributed by atoms with E-state index in [1.54, 1.807) is 12.1 Å². The lowest BCUT2D eigenvalue weighted by Gasteiger charge is -2.27. The Labute approximate surface area is 98.6 Å². The number of carboxylic acids is 1. The predicted molar refractivity (Wildman–Crippen MR) is 61.2 cm³/mol. The minimum Gasteiger partial charge on any atom is -0.488 e. The van der Waals surface area contributed by atoms with Crippen molar-refractivity contribution in [2.75, 3.05) is 11.9 Å². The van der Waals surface area contributed by atoms with Crippen LogP contribution in [0.1, 0.15) is 23.2 Å². The van der Waals surface area contributed by atoms with Gasteiger partial charge in [0.25, 0.3) is 0 Å². The lowest BCUT2D eigenvalue weighted by Crippen LogP contribution is -2.32. The maximum atomic E-state index is 11.0. The Bertz CT molecular complexity index is 479. The minimum atomic E-state index is -1.00. The van der Waals surface area contributed by atoms with Gasteiger partial charge in [-0.1, -0.05) is 6.07 Å². The first kappa shape index (κ1) is 11.3. The number of nitrogens with one attached hydrogen (secondary N) is 1. The molecular formula is C12H12N2O3. The zero-order valence-corrected chi connectivity index (χ0v) is 9.14. The van der Waals surface area contributed by atoms with Crippen LogP contribution >= 0.6 is 0 Å². The summed E-state index contributed by atoms with van der Waals surface area (Å²) in [6.07, 6.45) is 1.14. The summed E-state index contributed by atoms with van der Waals surface area (Å²) in [5.74, 6) is -0.618. The number of hydrogen-bond acceptors (Lipinski definition) is 4. The number of rotatable bonds is 3. The monoisotopic (exact) mass is 232 g/mol. The van der Waals surface area contributed by atoms with E-state index in [1.165, 1.54) is 6.07 Å². The summed E-state index contributed by atoms with van der Waals surface area (Å²) in [5.41, 5.74) is 0.841. The van der Waals surface area contributed by atoms with Gasteiger partial charge in [-0.25, -0.2) is 4.79 Å². The normalized spacial score (nSPS) is 17.2. The van der Waals surface area contributed by atoms with E-state index in [4.69, 9.17) is 15.1 Å².